The number of nitrogens with zero attached hydrogens (tertiary/aromatic N) is 3. The molecule has 3 rings (SSSR count). The number of anilines is 1. The van der Waals surface area contributed by atoms with Crippen LogP contribution in [0.4, 0.5) is 10.6 Å². The highest BCUT2D eigenvalue weighted by Crippen LogP contribution is 2.29. The van der Waals surface area contributed by atoms with E-state index in [4.69, 9.17) is 9.47 Å². The van der Waals surface area contributed by atoms with Gasteiger partial charge in [0.05, 0.1) is 11.7 Å². The molecular weight excluding hydrogens is 592 g/mol. The molecule has 0 aliphatic carbocycles. The lowest BCUT2D eigenvalue weighted by Crippen LogP contribution is -2.42. The van der Waals surface area contributed by atoms with Crippen LogP contribution >= 0.6 is 0 Å². The summed E-state index contributed by atoms with van der Waals surface area (Å²) in [6, 6.07) is 16.8. The van der Waals surface area contributed by atoms with Gasteiger partial charge in [-0.2, -0.15) is 0 Å². The topological polar surface area (TPSA) is 128 Å². The summed E-state index contributed by atoms with van der Waals surface area (Å²) in [6.07, 6.45) is 1.84. The first kappa shape index (κ1) is 35.6. The third kappa shape index (κ3) is 10.6. The van der Waals surface area contributed by atoms with Crippen LogP contribution in [-0.4, -0.2) is 48.2 Å². The molecule has 0 aliphatic heterocycles. The molecule has 0 bridgehead atoms. The van der Waals surface area contributed by atoms with Gasteiger partial charge in [0.25, 0.3) is 10.0 Å². The van der Waals surface area contributed by atoms with Gasteiger partial charge in [-0.15, -0.1) is 0 Å². The van der Waals surface area contributed by atoms with E-state index < -0.39 is 45.9 Å². The number of pyridine rings is 2. The van der Waals surface area contributed by atoms with E-state index in [1.807, 2.05) is 12.1 Å². The normalized spacial score (nSPS) is 13.2. The Hall–Kier alpha value is -3.83. The lowest BCUT2D eigenvalue weighted by molar-refractivity contribution is -0.153. The minimum atomic E-state index is -4.06. The van der Waals surface area contributed by atoms with E-state index in [1.165, 1.54) is 17.8 Å². The molecule has 244 valence electrons. The van der Waals surface area contributed by atoms with Gasteiger partial charge in [0.2, 0.25) is 0 Å². The van der Waals surface area contributed by atoms with E-state index in [2.05, 4.69) is 47.6 Å². The zero-order valence-electron chi connectivity index (χ0n) is 27.7. The predicted octanol–water partition coefficient (Wildman–Crippen LogP) is 6.51. The summed E-state index contributed by atoms with van der Waals surface area (Å²) in [5.41, 5.74) is 0.762. The lowest BCUT2D eigenvalue weighted by Gasteiger charge is -2.28. The number of sulfonamides is 1. The smallest absolute Gasteiger partial charge is 0.416 e. The first-order chi connectivity index (χ1) is 20.8. The summed E-state index contributed by atoms with van der Waals surface area (Å²) in [6.45, 7) is 16.4. The van der Waals surface area contributed by atoms with Crippen molar-refractivity contribution in [2.75, 3.05) is 11.4 Å². The van der Waals surface area contributed by atoms with Crippen LogP contribution in [0.25, 0.3) is 0 Å². The van der Waals surface area contributed by atoms with E-state index in [0.29, 0.717) is 5.69 Å². The molecule has 0 saturated heterocycles. The number of carbonyl (C=O) groups is 2. The van der Waals surface area contributed by atoms with E-state index >= 15 is 0 Å². The van der Waals surface area contributed by atoms with Crippen LogP contribution < -0.4 is 9.62 Å². The minimum absolute atomic E-state index is 0.00630. The summed E-state index contributed by atoms with van der Waals surface area (Å²) >= 11 is 0. The van der Waals surface area contributed by atoms with Crippen molar-refractivity contribution in [3.8, 4) is 0 Å². The largest absolute Gasteiger partial charge is 0.459 e. The average molecular weight is 639 g/mol. The van der Waals surface area contributed by atoms with Crippen molar-refractivity contribution in [1.82, 2.24) is 14.7 Å². The van der Waals surface area contributed by atoms with Gasteiger partial charge in [-0.25, -0.2) is 27.9 Å². The van der Waals surface area contributed by atoms with Gasteiger partial charge < -0.3 is 9.47 Å². The molecule has 1 atom stereocenters. The van der Waals surface area contributed by atoms with Crippen LogP contribution in [-0.2, 0) is 36.1 Å². The second kappa shape index (κ2) is 14.1. The Kier molecular flexibility index (Phi) is 11.2. The van der Waals surface area contributed by atoms with Crippen molar-refractivity contribution in [2.24, 2.45) is 0 Å². The molecule has 0 aliphatic rings. The SMILES string of the molecule is CCC(C)(C)c1ccc(CC(NS(=O)(=O)c2ccccn2)c2cccc(N(CC(=O)OC(C)(C)C)C(=O)OC(C)(C)C)n2)cc1. The fraction of sp³-hybridized carbons (Fsp3) is 0.471. The molecule has 2 heterocycles. The number of benzene rings is 1. The van der Waals surface area contributed by atoms with Crippen molar-refractivity contribution in [3.63, 3.8) is 0 Å². The average Bonchev–Trinajstić information content (AvgIpc) is 2.94. The molecule has 1 amide bonds. The fourth-order valence-electron chi connectivity index (χ4n) is 4.34. The van der Waals surface area contributed by atoms with E-state index in [-0.39, 0.29) is 22.7 Å². The molecule has 3 aromatic rings. The summed E-state index contributed by atoms with van der Waals surface area (Å²) < 4.78 is 40.7. The molecule has 1 aromatic carbocycles. The number of nitrogens with one attached hydrogen (secondary N) is 1. The highest BCUT2D eigenvalue weighted by atomic mass is 32.2. The number of aromatic nitrogens is 2. The van der Waals surface area contributed by atoms with Crippen LogP contribution in [0, 0.1) is 0 Å². The third-order valence-corrected chi connectivity index (χ3v) is 8.37. The molecule has 2 aromatic heterocycles. The molecule has 0 saturated carbocycles. The van der Waals surface area contributed by atoms with Gasteiger partial charge in [-0.3, -0.25) is 9.69 Å². The van der Waals surface area contributed by atoms with Gasteiger partial charge >= 0.3 is 12.1 Å². The lowest BCUT2D eigenvalue weighted by atomic mass is 9.82. The maximum atomic E-state index is 13.4. The summed E-state index contributed by atoms with van der Waals surface area (Å²) in [7, 11) is -4.06. The molecule has 0 fully saturated rings. The van der Waals surface area contributed by atoms with Gasteiger partial charge in [-0.1, -0.05) is 57.2 Å². The third-order valence-electron chi connectivity index (χ3n) is 6.98. The van der Waals surface area contributed by atoms with Crippen LogP contribution in [0.1, 0.15) is 91.6 Å². The van der Waals surface area contributed by atoms with Gasteiger partial charge in [0.15, 0.2) is 5.03 Å². The van der Waals surface area contributed by atoms with Crippen molar-refractivity contribution in [1.29, 1.82) is 0 Å². The zero-order chi connectivity index (χ0) is 33.6. The Morgan fingerprint density at radius 3 is 2.07 bits per heavy atom. The van der Waals surface area contributed by atoms with Crippen LogP contribution in [0.3, 0.4) is 0 Å². The number of hydrogen-bond acceptors (Lipinski definition) is 8. The van der Waals surface area contributed by atoms with Crippen molar-refractivity contribution >= 4 is 27.9 Å². The molecule has 10 nitrogen and oxygen atoms in total. The quantitative estimate of drug-likeness (QED) is 0.236. The maximum absolute atomic E-state index is 13.4. The Morgan fingerprint density at radius 1 is 0.867 bits per heavy atom. The number of carbonyl (C=O) groups excluding carboxylic acids is 2. The van der Waals surface area contributed by atoms with E-state index in [0.717, 1.165) is 16.9 Å². The van der Waals surface area contributed by atoms with E-state index in [9.17, 15) is 18.0 Å². The molecule has 1 N–H and O–H groups in total. The molecule has 0 spiro atoms. The van der Waals surface area contributed by atoms with Gasteiger partial charge in [-0.05, 0) is 95.2 Å². The molecule has 1 unspecified atom stereocenters. The minimum Gasteiger partial charge on any atom is -0.459 e. The Morgan fingerprint density at radius 2 is 1.51 bits per heavy atom. The monoisotopic (exact) mass is 638 g/mol. The summed E-state index contributed by atoms with van der Waals surface area (Å²) in [5.74, 6) is -0.544. The first-order valence-corrected chi connectivity index (χ1v) is 16.5. The number of amides is 1. The van der Waals surface area contributed by atoms with E-state index in [1.54, 1.807) is 71.9 Å². The fourth-order valence-corrected chi connectivity index (χ4v) is 5.49. The van der Waals surface area contributed by atoms with Crippen LogP contribution in [0.5, 0.6) is 0 Å². The number of esters is 1. The van der Waals surface area contributed by atoms with Crippen molar-refractivity contribution < 1.29 is 27.5 Å². The van der Waals surface area contributed by atoms with Gasteiger partial charge in [0.1, 0.15) is 23.6 Å². The zero-order valence-corrected chi connectivity index (χ0v) is 28.6. The Labute approximate surface area is 267 Å². The number of ether oxygens (including phenoxy) is 2. The second-order valence-corrected chi connectivity index (χ2v) is 15.2. The molecule has 45 heavy (non-hydrogen) atoms. The highest BCUT2D eigenvalue weighted by Gasteiger charge is 2.30. The summed E-state index contributed by atoms with van der Waals surface area (Å²) in [4.78, 5) is 36.0. The summed E-state index contributed by atoms with van der Waals surface area (Å²) in [5, 5.41) is -0.133. The Bertz CT molecular complexity index is 1560. The predicted molar refractivity (Wildman–Crippen MR) is 174 cm³/mol. The highest BCUT2D eigenvalue weighted by molar-refractivity contribution is 7.89. The standard InChI is InChI=1S/C34H46N4O6S/c1-10-34(8,9)25-19-17-24(18-20-25)22-27(37-45(41,42)29-16-11-12-21-35-29)26-14-13-15-28(36-26)38(31(40)44-33(5,6)7)23-30(39)43-32(2,3)4/h11-21,27,37H,10,22-23H2,1-9H3. The van der Waals surface area contributed by atoms with Crippen LogP contribution in [0.15, 0.2) is 71.9 Å². The molecule has 0 radical (unpaired) electrons. The van der Waals surface area contributed by atoms with Crippen molar-refractivity contribution in [3.05, 3.63) is 83.7 Å². The van der Waals surface area contributed by atoms with Crippen LogP contribution in [0.2, 0.25) is 0 Å². The molecular formula is C34H46N4O6S. The number of rotatable bonds is 11. The number of hydrogen-bond donors (Lipinski definition) is 1. The van der Waals surface area contributed by atoms with Crippen molar-refractivity contribution in [2.45, 2.75) is 103 Å². The molecule has 11 heteroatoms. The Balaban J connectivity index is 2.05. The maximum Gasteiger partial charge on any atom is 0.416 e. The van der Waals surface area contributed by atoms with Gasteiger partial charge in [0, 0.05) is 6.20 Å². The first-order valence-electron chi connectivity index (χ1n) is 15.0. The second-order valence-electron chi connectivity index (χ2n) is 13.6.